The maximum absolute atomic E-state index is 13.6. The molecule has 2 fully saturated rings. The van der Waals surface area contributed by atoms with E-state index in [9.17, 15) is 13.2 Å². The fourth-order valence-electron chi connectivity index (χ4n) is 4.60. The first-order valence-electron chi connectivity index (χ1n) is 12.1. The lowest BCUT2D eigenvalue weighted by atomic mass is 10.0. The molecule has 0 spiro atoms. The average molecular weight is 465 g/mol. The minimum Gasteiger partial charge on any atom is -0.339 e. The van der Waals surface area contributed by atoms with Gasteiger partial charge in [0.1, 0.15) is 0 Å². The molecule has 2 saturated heterocycles. The molecule has 0 aromatic heterocycles. The van der Waals surface area contributed by atoms with Crippen molar-refractivity contribution >= 4 is 15.9 Å². The van der Waals surface area contributed by atoms with E-state index in [0.29, 0.717) is 38.1 Å². The molecule has 0 bridgehead atoms. The second-order valence-corrected chi connectivity index (χ2v) is 11.5. The molecule has 2 heterocycles. The van der Waals surface area contributed by atoms with Crippen LogP contribution in [0.25, 0.3) is 0 Å². The largest absolute Gasteiger partial charge is 0.339 e. The molecule has 0 unspecified atom stereocenters. The first-order valence-corrected chi connectivity index (χ1v) is 13.5. The zero-order chi connectivity index (χ0) is 23.1. The molecular weight excluding hydrogens is 424 g/mol. The third-order valence-corrected chi connectivity index (χ3v) is 8.42. The van der Waals surface area contributed by atoms with Crippen molar-refractivity contribution in [3.05, 3.63) is 29.8 Å². The van der Waals surface area contributed by atoms with Crippen LogP contribution in [0.2, 0.25) is 0 Å². The molecule has 1 aromatic carbocycles. The maximum Gasteiger partial charge on any atom is 0.243 e. The number of hydrogen-bond acceptors (Lipinski definition) is 5. The number of nitrogens with zero attached hydrogens (tertiary/aromatic N) is 3. The second-order valence-electron chi connectivity index (χ2n) is 9.59. The van der Waals surface area contributed by atoms with Gasteiger partial charge in [-0.3, -0.25) is 9.69 Å². The molecule has 0 aliphatic carbocycles. The fourth-order valence-corrected chi connectivity index (χ4v) is 5.98. The number of benzene rings is 1. The van der Waals surface area contributed by atoms with Gasteiger partial charge in [-0.1, -0.05) is 32.4 Å². The molecule has 1 atom stereocenters. The van der Waals surface area contributed by atoms with E-state index in [-0.39, 0.29) is 17.3 Å². The lowest BCUT2D eigenvalue weighted by Gasteiger charge is -2.35. The number of carbonyl (C=O) groups excluding carboxylic acids is 1. The van der Waals surface area contributed by atoms with Crippen LogP contribution in [0.4, 0.5) is 0 Å². The van der Waals surface area contributed by atoms with Crippen LogP contribution >= 0.6 is 0 Å². The Kier molecular flexibility index (Phi) is 9.11. The van der Waals surface area contributed by atoms with Crippen molar-refractivity contribution in [3.8, 4) is 0 Å². The number of nitrogens with one attached hydrogen (secondary N) is 1. The highest BCUT2D eigenvalue weighted by Gasteiger charge is 2.30. The summed E-state index contributed by atoms with van der Waals surface area (Å²) in [6.45, 7) is 11.1. The summed E-state index contributed by atoms with van der Waals surface area (Å²) in [5.41, 5.74) is 1.13. The zero-order valence-corrected chi connectivity index (χ0v) is 20.7. The lowest BCUT2D eigenvalue weighted by molar-refractivity contribution is -0.132. The molecule has 32 heavy (non-hydrogen) atoms. The van der Waals surface area contributed by atoms with E-state index in [2.05, 4.69) is 31.0 Å². The second kappa shape index (κ2) is 11.6. The number of hydrogen-bond donors (Lipinski definition) is 1. The van der Waals surface area contributed by atoms with Crippen molar-refractivity contribution in [1.29, 1.82) is 0 Å². The standard InChI is InChI=1S/C24H40N4O3S/c1-20(2)18-22-7-9-23(10-8-22)32(30,31)28(17-16-26-13-5-4-6-21(26)3)19-24(29)27-14-11-25-12-15-27/h7-10,20-21,25H,4-6,11-19H2,1-3H3/t21-/m0/s1. The summed E-state index contributed by atoms with van der Waals surface area (Å²) >= 11 is 0. The van der Waals surface area contributed by atoms with Crippen LogP contribution in [0.3, 0.4) is 0 Å². The number of sulfonamides is 1. The predicted molar refractivity (Wildman–Crippen MR) is 128 cm³/mol. The van der Waals surface area contributed by atoms with E-state index in [0.717, 1.165) is 44.5 Å². The molecule has 7 nitrogen and oxygen atoms in total. The van der Waals surface area contributed by atoms with Gasteiger partial charge in [-0.25, -0.2) is 8.42 Å². The van der Waals surface area contributed by atoms with Gasteiger partial charge in [0.2, 0.25) is 15.9 Å². The van der Waals surface area contributed by atoms with Crippen molar-refractivity contribution in [2.45, 2.75) is 57.4 Å². The Morgan fingerprint density at radius 3 is 2.44 bits per heavy atom. The van der Waals surface area contributed by atoms with E-state index < -0.39 is 10.0 Å². The summed E-state index contributed by atoms with van der Waals surface area (Å²) in [5.74, 6) is 0.398. The molecule has 8 heteroatoms. The minimum atomic E-state index is -3.75. The van der Waals surface area contributed by atoms with Gasteiger partial charge in [-0.05, 0) is 56.3 Å². The van der Waals surface area contributed by atoms with Crippen molar-refractivity contribution < 1.29 is 13.2 Å². The Morgan fingerprint density at radius 2 is 1.81 bits per heavy atom. The number of piperazine rings is 1. The molecule has 2 aliphatic heterocycles. The number of amides is 1. The summed E-state index contributed by atoms with van der Waals surface area (Å²) in [5, 5.41) is 3.24. The van der Waals surface area contributed by atoms with Crippen molar-refractivity contribution in [2.75, 3.05) is 52.4 Å². The van der Waals surface area contributed by atoms with E-state index in [1.54, 1.807) is 17.0 Å². The topological polar surface area (TPSA) is 73.0 Å². The number of likely N-dealkylation sites (tertiary alicyclic amines) is 1. The van der Waals surface area contributed by atoms with Crippen molar-refractivity contribution in [2.24, 2.45) is 5.92 Å². The SMILES string of the molecule is CC(C)Cc1ccc(S(=O)(=O)N(CCN2CCCC[C@@H]2C)CC(=O)N2CCNCC2)cc1. The van der Waals surface area contributed by atoms with Crippen LogP contribution in [-0.4, -0.2) is 86.8 Å². The van der Waals surface area contributed by atoms with Crippen molar-refractivity contribution in [1.82, 2.24) is 19.4 Å². The monoisotopic (exact) mass is 464 g/mol. The van der Waals surface area contributed by atoms with Crippen LogP contribution in [0.1, 0.15) is 45.6 Å². The molecule has 1 N–H and O–H groups in total. The Balaban J connectivity index is 1.76. The third-order valence-electron chi connectivity index (χ3n) is 6.56. The Morgan fingerprint density at radius 1 is 1.12 bits per heavy atom. The minimum absolute atomic E-state index is 0.0989. The van der Waals surface area contributed by atoms with Crippen LogP contribution < -0.4 is 5.32 Å². The molecule has 180 valence electrons. The van der Waals surface area contributed by atoms with E-state index >= 15 is 0 Å². The first kappa shape index (κ1) is 25.1. The Labute approximate surface area is 194 Å². The lowest BCUT2D eigenvalue weighted by Crippen LogP contribution is -2.51. The van der Waals surface area contributed by atoms with E-state index in [1.807, 2.05) is 12.1 Å². The first-order chi connectivity index (χ1) is 15.3. The predicted octanol–water partition coefficient (Wildman–Crippen LogP) is 2.18. The van der Waals surface area contributed by atoms with Crippen LogP contribution in [-0.2, 0) is 21.2 Å². The molecule has 1 aromatic rings. The highest BCUT2D eigenvalue weighted by molar-refractivity contribution is 7.89. The molecule has 0 radical (unpaired) electrons. The highest BCUT2D eigenvalue weighted by Crippen LogP contribution is 2.20. The van der Waals surface area contributed by atoms with Gasteiger partial charge in [0, 0.05) is 45.3 Å². The Bertz CT molecular complexity index is 835. The summed E-state index contributed by atoms with van der Waals surface area (Å²) < 4.78 is 28.5. The van der Waals surface area contributed by atoms with Gasteiger partial charge in [0.15, 0.2) is 0 Å². The molecule has 1 amide bonds. The third kappa shape index (κ3) is 6.76. The normalized spacial score (nSPS) is 20.8. The summed E-state index contributed by atoms with van der Waals surface area (Å²) in [7, 11) is -3.75. The summed E-state index contributed by atoms with van der Waals surface area (Å²) in [6.07, 6.45) is 4.43. The highest BCUT2D eigenvalue weighted by atomic mass is 32.2. The average Bonchev–Trinajstić information content (AvgIpc) is 2.78. The van der Waals surface area contributed by atoms with Crippen LogP contribution in [0.15, 0.2) is 29.2 Å². The van der Waals surface area contributed by atoms with E-state index in [4.69, 9.17) is 0 Å². The van der Waals surface area contributed by atoms with Gasteiger partial charge in [-0.15, -0.1) is 0 Å². The van der Waals surface area contributed by atoms with Crippen molar-refractivity contribution in [3.63, 3.8) is 0 Å². The number of piperidine rings is 1. The summed E-state index contributed by atoms with van der Waals surface area (Å²) in [6, 6.07) is 7.64. The van der Waals surface area contributed by atoms with E-state index in [1.165, 1.54) is 10.7 Å². The van der Waals surface area contributed by atoms with Crippen LogP contribution in [0, 0.1) is 5.92 Å². The van der Waals surface area contributed by atoms with Gasteiger partial charge >= 0.3 is 0 Å². The van der Waals surface area contributed by atoms with Gasteiger partial charge in [0.05, 0.1) is 11.4 Å². The molecule has 2 aliphatic rings. The quantitative estimate of drug-likeness (QED) is 0.607. The van der Waals surface area contributed by atoms with Gasteiger partial charge in [0.25, 0.3) is 0 Å². The number of carbonyl (C=O) groups is 1. The summed E-state index contributed by atoms with van der Waals surface area (Å²) in [4.78, 5) is 17.4. The zero-order valence-electron chi connectivity index (χ0n) is 19.9. The molecular formula is C24H40N4O3S. The maximum atomic E-state index is 13.6. The fraction of sp³-hybridized carbons (Fsp3) is 0.708. The van der Waals surface area contributed by atoms with Gasteiger partial charge in [-0.2, -0.15) is 4.31 Å². The number of rotatable bonds is 9. The molecule has 0 saturated carbocycles. The Hall–Kier alpha value is -1.48. The molecule has 3 rings (SSSR count). The van der Waals surface area contributed by atoms with Gasteiger partial charge < -0.3 is 10.2 Å². The van der Waals surface area contributed by atoms with Crippen LogP contribution in [0.5, 0.6) is 0 Å². The smallest absolute Gasteiger partial charge is 0.243 e.